The summed E-state index contributed by atoms with van der Waals surface area (Å²) in [5.41, 5.74) is 3.34. The monoisotopic (exact) mass is 507 g/mol. The Balaban J connectivity index is 1.59. The molecule has 4 aromatic rings. The Kier molecular flexibility index (Phi) is 6.54. The van der Waals surface area contributed by atoms with Gasteiger partial charge in [0.25, 0.3) is 0 Å². The molecule has 2 amide bonds. The Bertz CT molecular complexity index is 1420. The first-order valence-electron chi connectivity index (χ1n) is 11.2. The summed E-state index contributed by atoms with van der Waals surface area (Å²) in [5.74, 6) is -0.562. The summed E-state index contributed by atoms with van der Waals surface area (Å²) in [5, 5.41) is 5.34. The summed E-state index contributed by atoms with van der Waals surface area (Å²) in [6.07, 6.45) is 0. The van der Waals surface area contributed by atoms with Crippen LogP contribution in [0.4, 0.5) is 4.39 Å². The molecular formula is C27H23ClFN3O2S. The van der Waals surface area contributed by atoms with E-state index in [1.54, 1.807) is 23.1 Å². The van der Waals surface area contributed by atoms with E-state index >= 15 is 0 Å². The molecule has 1 aromatic heterocycles. The van der Waals surface area contributed by atoms with Gasteiger partial charge in [0.05, 0.1) is 10.8 Å². The van der Waals surface area contributed by atoms with E-state index in [4.69, 9.17) is 11.6 Å². The van der Waals surface area contributed by atoms with Gasteiger partial charge in [-0.15, -0.1) is 0 Å². The van der Waals surface area contributed by atoms with Crippen LogP contribution in [-0.4, -0.2) is 27.0 Å². The van der Waals surface area contributed by atoms with Crippen molar-refractivity contribution in [2.24, 2.45) is 7.05 Å². The van der Waals surface area contributed by atoms with Crippen LogP contribution >= 0.6 is 23.4 Å². The summed E-state index contributed by atoms with van der Waals surface area (Å²) < 4.78 is 15.4. The van der Waals surface area contributed by atoms with Crippen molar-refractivity contribution in [3.8, 4) is 0 Å². The fraction of sp³-hybridized carbons (Fsp3) is 0.185. The number of nitrogens with one attached hydrogen (secondary N) is 1. The van der Waals surface area contributed by atoms with Crippen molar-refractivity contribution in [1.82, 2.24) is 14.8 Å². The zero-order valence-electron chi connectivity index (χ0n) is 19.0. The van der Waals surface area contributed by atoms with E-state index in [0.29, 0.717) is 5.02 Å². The number of hydrogen-bond donors (Lipinski definition) is 1. The highest BCUT2D eigenvalue weighted by Gasteiger charge is 2.39. The zero-order chi connectivity index (χ0) is 24.5. The fourth-order valence-corrected chi connectivity index (χ4v) is 5.79. The van der Waals surface area contributed by atoms with Gasteiger partial charge in [0.2, 0.25) is 11.8 Å². The van der Waals surface area contributed by atoms with Gasteiger partial charge in [0.15, 0.2) is 0 Å². The van der Waals surface area contributed by atoms with E-state index in [1.165, 1.54) is 23.9 Å². The number of halogens is 2. The summed E-state index contributed by atoms with van der Waals surface area (Å²) in [4.78, 5) is 28.8. The van der Waals surface area contributed by atoms with Gasteiger partial charge in [-0.05, 0) is 35.4 Å². The molecule has 0 radical (unpaired) electrons. The average molecular weight is 508 g/mol. The molecule has 1 N–H and O–H groups in total. The lowest BCUT2D eigenvalue weighted by atomic mass is 10.0. The Labute approximate surface area is 211 Å². The third kappa shape index (κ3) is 4.54. The highest BCUT2D eigenvalue weighted by molar-refractivity contribution is 8.00. The maximum atomic E-state index is 13.8. The van der Waals surface area contributed by atoms with Crippen molar-refractivity contribution in [2.45, 2.75) is 24.2 Å². The molecule has 1 atom stereocenters. The molecule has 5 rings (SSSR count). The minimum Gasteiger partial charge on any atom is -0.350 e. The largest absolute Gasteiger partial charge is 0.350 e. The van der Waals surface area contributed by atoms with Crippen molar-refractivity contribution in [3.63, 3.8) is 0 Å². The van der Waals surface area contributed by atoms with Crippen molar-refractivity contribution in [2.75, 3.05) is 5.75 Å². The number of hydrogen-bond acceptors (Lipinski definition) is 3. The Hall–Kier alpha value is -3.29. The predicted octanol–water partition coefficient (Wildman–Crippen LogP) is 5.46. The lowest BCUT2D eigenvalue weighted by molar-refractivity contribution is -0.139. The molecule has 5 nitrogen and oxygen atoms in total. The van der Waals surface area contributed by atoms with Crippen LogP contribution in [0.15, 0.2) is 77.8 Å². The first-order valence-corrected chi connectivity index (χ1v) is 12.6. The van der Waals surface area contributed by atoms with E-state index < -0.39 is 6.04 Å². The SMILES string of the molecule is Cn1c2c(c3ccccc31)[C@H](C(=O)NCc1ccc(F)cc1)N(Cc1ccccc1Cl)C(=O)CS2. The molecular weight excluding hydrogens is 485 g/mol. The number of rotatable bonds is 5. The second kappa shape index (κ2) is 9.76. The number of carbonyl (C=O) groups is 2. The van der Waals surface area contributed by atoms with Crippen LogP contribution < -0.4 is 5.32 Å². The molecule has 3 aromatic carbocycles. The quantitative estimate of drug-likeness (QED) is 0.390. The highest BCUT2D eigenvalue weighted by Crippen LogP contribution is 2.42. The van der Waals surface area contributed by atoms with Crippen LogP contribution in [0.25, 0.3) is 10.9 Å². The molecule has 0 bridgehead atoms. The predicted molar refractivity (Wildman–Crippen MR) is 137 cm³/mol. The topological polar surface area (TPSA) is 54.3 Å². The third-order valence-electron chi connectivity index (χ3n) is 6.26. The van der Waals surface area contributed by atoms with E-state index in [-0.39, 0.29) is 36.5 Å². The summed E-state index contributed by atoms with van der Waals surface area (Å²) >= 11 is 7.88. The van der Waals surface area contributed by atoms with E-state index in [1.807, 2.05) is 54.1 Å². The zero-order valence-corrected chi connectivity index (χ0v) is 20.6. The van der Waals surface area contributed by atoms with Gasteiger partial charge in [0, 0.05) is 41.6 Å². The van der Waals surface area contributed by atoms with Crippen LogP contribution in [0.1, 0.15) is 22.7 Å². The Morgan fingerprint density at radius 3 is 2.57 bits per heavy atom. The number of aryl methyl sites for hydroxylation is 1. The van der Waals surface area contributed by atoms with E-state index in [2.05, 4.69) is 5.32 Å². The van der Waals surface area contributed by atoms with Crippen molar-refractivity contribution < 1.29 is 14.0 Å². The number of para-hydroxylation sites is 1. The molecule has 0 saturated heterocycles. The van der Waals surface area contributed by atoms with Gasteiger partial charge in [-0.1, -0.05) is 71.9 Å². The molecule has 1 aliphatic rings. The second-order valence-electron chi connectivity index (χ2n) is 8.44. The maximum Gasteiger partial charge on any atom is 0.247 e. The molecule has 178 valence electrons. The smallest absolute Gasteiger partial charge is 0.247 e. The fourth-order valence-electron chi connectivity index (χ4n) is 4.50. The third-order valence-corrected chi connectivity index (χ3v) is 7.78. The van der Waals surface area contributed by atoms with Gasteiger partial charge in [0.1, 0.15) is 11.9 Å². The molecule has 8 heteroatoms. The van der Waals surface area contributed by atoms with Crippen molar-refractivity contribution in [1.29, 1.82) is 0 Å². The van der Waals surface area contributed by atoms with Gasteiger partial charge >= 0.3 is 0 Å². The van der Waals surface area contributed by atoms with Gasteiger partial charge in [-0.3, -0.25) is 9.59 Å². The van der Waals surface area contributed by atoms with Gasteiger partial charge < -0.3 is 14.8 Å². The number of amides is 2. The second-order valence-corrected chi connectivity index (χ2v) is 9.81. The van der Waals surface area contributed by atoms with Crippen LogP contribution in [0.3, 0.4) is 0 Å². The first-order chi connectivity index (χ1) is 16.9. The minimum atomic E-state index is -0.852. The van der Waals surface area contributed by atoms with Crippen molar-refractivity contribution in [3.05, 3.63) is 100 Å². The molecule has 2 heterocycles. The standard InChI is InChI=1S/C27H23ClFN3O2S/c1-31-22-9-5-3-7-20(22)24-25(26(34)30-14-17-10-12-19(29)13-11-17)32(23(33)16-35-27(24)31)15-18-6-2-4-8-21(18)28/h2-13,25H,14-16H2,1H3,(H,30,34)/t25-/m1/s1. The number of thioether (sulfide) groups is 1. The van der Waals surface area contributed by atoms with E-state index in [0.717, 1.165) is 32.6 Å². The highest BCUT2D eigenvalue weighted by atomic mass is 35.5. The summed E-state index contributed by atoms with van der Waals surface area (Å²) in [7, 11) is 1.95. The minimum absolute atomic E-state index is 0.142. The first kappa shape index (κ1) is 23.5. The number of aromatic nitrogens is 1. The Morgan fingerprint density at radius 1 is 1.09 bits per heavy atom. The van der Waals surface area contributed by atoms with Crippen LogP contribution in [0.2, 0.25) is 5.02 Å². The molecule has 0 spiro atoms. The number of fused-ring (bicyclic) bond motifs is 3. The Morgan fingerprint density at radius 2 is 1.80 bits per heavy atom. The van der Waals surface area contributed by atoms with E-state index in [9.17, 15) is 14.0 Å². The lowest BCUT2D eigenvalue weighted by Gasteiger charge is -2.30. The molecule has 0 saturated carbocycles. The summed E-state index contributed by atoms with van der Waals surface area (Å²) in [6.45, 7) is 0.424. The molecule has 0 unspecified atom stereocenters. The number of benzene rings is 3. The lowest BCUT2D eigenvalue weighted by Crippen LogP contribution is -2.43. The number of carbonyl (C=O) groups excluding carboxylic acids is 2. The average Bonchev–Trinajstić information content (AvgIpc) is 3.05. The van der Waals surface area contributed by atoms with Crippen LogP contribution in [0.5, 0.6) is 0 Å². The summed E-state index contributed by atoms with van der Waals surface area (Å²) in [6, 6.07) is 20.4. The normalized spacial score (nSPS) is 15.7. The molecule has 0 fully saturated rings. The van der Waals surface area contributed by atoms with Crippen LogP contribution in [-0.2, 0) is 29.7 Å². The van der Waals surface area contributed by atoms with Gasteiger partial charge in [-0.25, -0.2) is 4.39 Å². The molecule has 1 aliphatic heterocycles. The number of nitrogens with zero attached hydrogens (tertiary/aromatic N) is 2. The van der Waals surface area contributed by atoms with Crippen LogP contribution in [0, 0.1) is 5.82 Å². The van der Waals surface area contributed by atoms with Crippen molar-refractivity contribution >= 4 is 46.1 Å². The molecule has 0 aliphatic carbocycles. The van der Waals surface area contributed by atoms with Gasteiger partial charge in [-0.2, -0.15) is 0 Å². The molecule has 35 heavy (non-hydrogen) atoms. The maximum absolute atomic E-state index is 13.8.